The van der Waals surface area contributed by atoms with Crippen LogP contribution in [0.1, 0.15) is 15.9 Å². The molecular weight excluding hydrogens is 318 g/mol. The fraction of sp³-hybridized carbons (Fsp3) is 0.0667. The van der Waals surface area contributed by atoms with Gasteiger partial charge in [0.1, 0.15) is 0 Å². The highest BCUT2D eigenvalue weighted by molar-refractivity contribution is 9.10. The van der Waals surface area contributed by atoms with Gasteiger partial charge in [0.15, 0.2) is 0 Å². The maximum absolute atomic E-state index is 12.3. The Bertz CT molecular complexity index is 795. The van der Waals surface area contributed by atoms with Crippen LogP contribution in [0, 0.1) is 6.92 Å². The zero-order chi connectivity index (χ0) is 14.1. The average molecular weight is 330 g/mol. The average Bonchev–Trinajstić information content (AvgIpc) is 2.85. The number of hydrogen-bond donors (Lipinski definition) is 2. The van der Waals surface area contributed by atoms with Gasteiger partial charge in [-0.05, 0) is 58.7 Å². The minimum Gasteiger partial charge on any atom is -0.322 e. The molecule has 20 heavy (non-hydrogen) atoms. The number of halogens is 1. The Morgan fingerprint density at radius 3 is 2.90 bits per heavy atom. The van der Waals surface area contributed by atoms with Crippen LogP contribution in [0.3, 0.4) is 0 Å². The van der Waals surface area contributed by atoms with Gasteiger partial charge in [-0.15, -0.1) is 0 Å². The van der Waals surface area contributed by atoms with E-state index in [4.69, 9.17) is 0 Å². The number of carbonyl (C=O) groups excluding carboxylic acids is 1. The monoisotopic (exact) mass is 329 g/mol. The molecule has 0 aliphatic heterocycles. The molecule has 0 atom stereocenters. The zero-order valence-electron chi connectivity index (χ0n) is 10.8. The van der Waals surface area contributed by atoms with E-state index < -0.39 is 0 Å². The minimum absolute atomic E-state index is 0.143. The molecule has 0 aliphatic carbocycles. The Morgan fingerprint density at radius 1 is 1.25 bits per heavy atom. The van der Waals surface area contributed by atoms with Crippen LogP contribution in [0.15, 0.2) is 47.1 Å². The summed E-state index contributed by atoms with van der Waals surface area (Å²) in [6.45, 7) is 1.98. The fourth-order valence-electron chi connectivity index (χ4n) is 2.02. The van der Waals surface area contributed by atoms with E-state index in [0.29, 0.717) is 5.56 Å². The van der Waals surface area contributed by atoms with E-state index in [1.54, 1.807) is 6.20 Å². The summed E-state index contributed by atoms with van der Waals surface area (Å²) in [6.07, 6.45) is 1.75. The first-order valence-electron chi connectivity index (χ1n) is 6.14. The molecular formula is C15H12BrN3O. The molecule has 3 aromatic rings. The summed E-state index contributed by atoms with van der Waals surface area (Å²) in [5, 5.41) is 10.7. The van der Waals surface area contributed by atoms with Crippen molar-refractivity contribution in [1.29, 1.82) is 0 Å². The number of rotatable bonds is 2. The van der Waals surface area contributed by atoms with Gasteiger partial charge in [0, 0.05) is 15.5 Å². The Morgan fingerprint density at radius 2 is 2.10 bits per heavy atom. The first-order valence-corrected chi connectivity index (χ1v) is 6.93. The number of hydrogen-bond acceptors (Lipinski definition) is 2. The summed E-state index contributed by atoms with van der Waals surface area (Å²) in [6, 6.07) is 11.3. The van der Waals surface area contributed by atoms with Crippen molar-refractivity contribution in [1.82, 2.24) is 10.2 Å². The van der Waals surface area contributed by atoms with Gasteiger partial charge in [-0.25, -0.2) is 0 Å². The molecule has 2 aromatic carbocycles. The number of anilines is 1. The Labute approximate surface area is 124 Å². The third kappa shape index (κ3) is 2.44. The SMILES string of the molecule is Cc1ccc(C(=O)Nc2ccc3cn[nH]c3c2)c(Br)c1. The molecule has 0 saturated heterocycles. The molecule has 0 spiro atoms. The second-order valence-electron chi connectivity index (χ2n) is 4.61. The number of nitrogens with zero attached hydrogens (tertiary/aromatic N) is 1. The molecule has 0 saturated carbocycles. The summed E-state index contributed by atoms with van der Waals surface area (Å²) in [5.41, 5.74) is 3.35. The number of H-pyrrole nitrogens is 1. The third-order valence-electron chi connectivity index (χ3n) is 3.07. The lowest BCUT2D eigenvalue weighted by Gasteiger charge is -2.07. The van der Waals surface area contributed by atoms with Crippen molar-refractivity contribution in [2.24, 2.45) is 0 Å². The van der Waals surface area contributed by atoms with Crippen LogP contribution in [-0.2, 0) is 0 Å². The normalized spacial score (nSPS) is 10.7. The maximum atomic E-state index is 12.3. The third-order valence-corrected chi connectivity index (χ3v) is 3.73. The summed E-state index contributed by atoms with van der Waals surface area (Å²) in [4.78, 5) is 12.3. The molecule has 1 amide bonds. The second-order valence-corrected chi connectivity index (χ2v) is 5.46. The van der Waals surface area contributed by atoms with E-state index in [2.05, 4.69) is 31.4 Å². The lowest BCUT2D eigenvalue weighted by atomic mass is 10.1. The molecule has 100 valence electrons. The fourth-order valence-corrected chi connectivity index (χ4v) is 2.69. The number of aryl methyl sites for hydroxylation is 1. The van der Waals surface area contributed by atoms with Crippen molar-refractivity contribution in [2.75, 3.05) is 5.32 Å². The number of fused-ring (bicyclic) bond motifs is 1. The van der Waals surface area contributed by atoms with Gasteiger partial charge in [0.25, 0.3) is 5.91 Å². The topological polar surface area (TPSA) is 57.8 Å². The second kappa shape index (κ2) is 5.09. The molecule has 0 bridgehead atoms. The molecule has 3 rings (SSSR count). The van der Waals surface area contributed by atoms with Crippen molar-refractivity contribution < 1.29 is 4.79 Å². The molecule has 2 N–H and O–H groups in total. The van der Waals surface area contributed by atoms with Crippen LogP contribution in [0.2, 0.25) is 0 Å². The van der Waals surface area contributed by atoms with Gasteiger partial charge in [-0.1, -0.05) is 6.07 Å². The highest BCUT2D eigenvalue weighted by Crippen LogP contribution is 2.21. The lowest BCUT2D eigenvalue weighted by Crippen LogP contribution is -2.12. The van der Waals surface area contributed by atoms with E-state index in [0.717, 1.165) is 26.6 Å². The largest absolute Gasteiger partial charge is 0.322 e. The molecule has 5 heteroatoms. The number of nitrogens with one attached hydrogen (secondary N) is 2. The van der Waals surface area contributed by atoms with Crippen molar-refractivity contribution in [2.45, 2.75) is 6.92 Å². The summed E-state index contributed by atoms with van der Waals surface area (Å²) in [7, 11) is 0. The van der Waals surface area contributed by atoms with Crippen LogP contribution in [-0.4, -0.2) is 16.1 Å². The number of amides is 1. The zero-order valence-corrected chi connectivity index (χ0v) is 12.4. The Hall–Kier alpha value is -2.14. The number of carbonyl (C=O) groups is 1. The van der Waals surface area contributed by atoms with Crippen molar-refractivity contribution in [3.8, 4) is 0 Å². The lowest BCUT2D eigenvalue weighted by molar-refractivity contribution is 0.102. The van der Waals surface area contributed by atoms with E-state index in [-0.39, 0.29) is 5.91 Å². The molecule has 4 nitrogen and oxygen atoms in total. The predicted octanol–water partition coefficient (Wildman–Crippen LogP) is 3.89. The standard InChI is InChI=1S/C15H12BrN3O/c1-9-2-5-12(13(16)6-9)15(20)18-11-4-3-10-8-17-19-14(10)7-11/h2-8H,1H3,(H,17,19)(H,18,20). The van der Waals surface area contributed by atoms with Crippen LogP contribution < -0.4 is 5.32 Å². The van der Waals surface area contributed by atoms with Gasteiger partial charge in [0.2, 0.25) is 0 Å². The number of aromatic nitrogens is 2. The Kier molecular flexibility index (Phi) is 3.28. The highest BCUT2D eigenvalue weighted by atomic mass is 79.9. The van der Waals surface area contributed by atoms with Gasteiger partial charge in [-0.3, -0.25) is 9.89 Å². The molecule has 0 radical (unpaired) electrons. The van der Waals surface area contributed by atoms with E-state index in [1.807, 2.05) is 43.3 Å². The first-order chi connectivity index (χ1) is 9.63. The number of aromatic amines is 1. The molecule has 0 fully saturated rings. The maximum Gasteiger partial charge on any atom is 0.256 e. The van der Waals surface area contributed by atoms with Crippen LogP contribution >= 0.6 is 15.9 Å². The summed E-state index contributed by atoms with van der Waals surface area (Å²) in [5.74, 6) is -0.143. The van der Waals surface area contributed by atoms with E-state index in [9.17, 15) is 4.79 Å². The summed E-state index contributed by atoms with van der Waals surface area (Å²) < 4.78 is 0.789. The van der Waals surface area contributed by atoms with Crippen LogP contribution in [0.4, 0.5) is 5.69 Å². The van der Waals surface area contributed by atoms with Crippen LogP contribution in [0.5, 0.6) is 0 Å². The summed E-state index contributed by atoms with van der Waals surface area (Å²) >= 11 is 3.42. The smallest absolute Gasteiger partial charge is 0.256 e. The van der Waals surface area contributed by atoms with Gasteiger partial charge < -0.3 is 5.32 Å². The predicted molar refractivity (Wildman–Crippen MR) is 82.9 cm³/mol. The van der Waals surface area contributed by atoms with Gasteiger partial charge in [-0.2, -0.15) is 5.10 Å². The Balaban J connectivity index is 1.87. The van der Waals surface area contributed by atoms with Gasteiger partial charge >= 0.3 is 0 Å². The molecule has 0 aliphatic rings. The van der Waals surface area contributed by atoms with E-state index >= 15 is 0 Å². The molecule has 0 unspecified atom stereocenters. The van der Waals surface area contributed by atoms with Gasteiger partial charge in [0.05, 0.1) is 17.3 Å². The van der Waals surface area contributed by atoms with Crippen LogP contribution in [0.25, 0.3) is 10.9 Å². The molecule has 1 heterocycles. The van der Waals surface area contributed by atoms with Crippen molar-refractivity contribution in [3.63, 3.8) is 0 Å². The molecule has 1 aromatic heterocycles. The highest BCUT2D eigenvalue weighted by Gasteiger charge is 2.10. The van der Waals surface area contributed by atoms with E-state index in [1.165, 1.54) is 0 Å². The minimum atomic E-state index is -0.143. The van der Waals surface area contributed by atoms with Crippen molar-refractivity contribution in [3.05, 3.63) is 58.2 Å². The number of benzene rings is 2. The first kappa shape index (κ1) is 12.9. The quantitative estimate of drug-likeness (QED) is 0.749. The van der Waals surface area contributed by atoms with Crippen molar-refractivity contribution >= 4 is 38.4 Å².